The molecule has 0 aliphatic heterocycles. The van der Waals surface area contributed by atoms with Gasteiger partial charge in [-0.3, -0.25) is 0 Å². The Morgan fingerprint density at radius 1 is 1.60 bits per heavy atom. The van der Waals surface area contributed by atoms with Crippen LogP contribution in [0.4, 0.5) is 4.79 Å². The number of carboxylic acids is 1. The fraction of sp³-hybridized carbons (Fsp3) is 0.200. The predicted molar refractivity (Wildman–Crippen MR) is 34.1 cm³/mol. The molecule has 4 N–H and O–H groups in total. The number of hydrogen-bond acceptors (Lipinski definition) is 2. The Hall–Kier alpha value is -1.52. The minimum absolute atomic E-state index is 0.215. The Bertz CT molecular complexity index is 185. The Morgan fingerprint density at radius 2 is 2.10 bits per heavy atom. The summed E-state index contributed by atoms with van der Waals surface area (Å²) in [7, 11) is 0. The Balaban J connectivity index is 4.12. The summed E-state index contributed by atoms with van der Waals surface area (Å²) in [5.41, 5.74) is 4.44. The van der Waals surface area contributed by atoms with Gasteiger partial charge in [-0.1, -0.05) is 6.08 Å². The minimum atomic E-state index is -1.21. The molecule has 0 aromatic carbocycles. The van der Waals surface area contributed by atoms with Gasteiger partial charge in [0.25, 0.3) is 0 Å². The molecule has 10 heavy (non-hydrogen) atoms. The average molecular weight is 144 g/mol. The van der Waals surface area contributed by atoms with E-state index in [-0.39, 0.29) is 5.70 Å². The summed E-state index contributed by atoms with van der Waals surface area (Å²) >= 11 is 0. The molecule has 0 unspecified atom stereocenters. The zero-order chi connectivity index (χ0) is 8.15. The topological polar surface area (TPSA) is 92.4 Å². The van der Waals surface area contributed by atoms with Crippen LogP contribution in [0.1, 0.15) is 6.92 Å². The third kappa shape index (κ3) is 2.71. The van der Waals surface area contributed by atoms with Crippen molar-refractivity contribution in [2.24, 2.45) is 5.73 Å². The number of hydrogen-bond donors (Lipinski definition) is 3. The second kappa shape index (κ2) is 3.49. The molecule has 0 bridgehead atoms. The summed E-state index contributed by atoms with van der Waals surface area (Å²) in [5.74, 6) is -1.21. The van der Waals surface area contributed by atoms with Crippen molar-refractivity contribution in [2.75, 3.05) is 0 Å². The summed E-state index contributed by atoms with van der Waals surface area (Å²) < 4.78 is 0. The zero-order valence-corrected chi connectivity index (χ0v) is 5.42. The van der Waals surface area contributed by atoms with Crippen LogP contribution in [0.5, 0.6) is 0 Å². The average Bonchev–Trinajstić information content (AvgIpc) is 1.81. The molecule has 0 aliphatic carbocycles. The van der Waals surface area contributed by atoms with Gasteiger partial charge < -0.3 is 16.2 Å². The maximum absolute atomic E-state index is 10.1. The van der Waals surface area contributed by atoms with Gasteiger partial charge in [-0.15, -0.1) is 0 Å². The molecule has 0 rings (SSSR count). The molecule has 2 amide bonds. The second-order valence-electron chi connectivity index (χ2n) is 1.50. The Labute approximate surface area is 57.5 Å². The molecular weight excluding hydrogens is 136 g/mol. The number of amides is 2. The normalized spacial score (nSPS) is 10.7. The molecule has 56 valence electrons. The van der Waals surface area contributed by atoms with E-state index in [0.29, 0.717) is 0 Å². The van der Waals surface area contributed by atoms with Crippen LogP contribution in [0.25, 0.3) is 0 Å². The van der Waals surface area contributed by atoms with Crippen LogP contribution in [-0.2, 0) is 4.79 Å². The molecule has 0 heterocycles. The van der Waals surface area contributed by atoms with Crippen molar-refractivity contribution >= 4 is 12.0 Å². The molecule has 0 atom stereocenters. The molecule has 0 saturated carbocycles. The van der Waals surface area contributed by atoms with Crippen LogP contribution in [0.2, 0.25) is 0 Å². The SMILES string of the molecule is CC=C(NC(N)=O)C(=O)O. The third-order valence-corrected chi connectivity index (χ3v) is 0.777. The molecule has 0 aromatic heterocycles. The van der Waals surface area contributed by atoms with E-state index in [9.17, 15) is 9.59 Å². The number of nitrogens with one attached hydrogen (secondary N) is 1. The molecule has 5 nitrogen and oxygen atoms in total. The number of aliphatic carboxylic acids is 1. The first-order chi connectivity index (χ1) is 4.57. The minimum Gasteiger partial charge on any atom is -0.477 e. The highest BCUT2D eigenvalue weighted by atomic mass is 16.4. The quantitative estimate of drug-likeness (QED) is 0.462. The highest BCUT2D eigenvalue weighted by Gasteiger charge is 2.05. The van der Waals surface area contributed by atoms with Crippen molar-refractivity contribution in [3.8, 4) is 0 Å². The standard InChI is InChI=1S/C5H8N2O3/c1-2-3(4(8)9)7-5(6)10/h2H,1H3,(H,8,9)(H3,6,7,10). The number of carboxylic acid groups (broad SMARTS) is 1. The van der Waals surface area contributed by atoms with Crippen LogP contribution in [0, 0.1) is 0 Å². The van der Waals surface area contributed by atoms with Gasteiger partial charge in [0.05, 0.1) is 0 Å². The lowest BCUT2D eigenvalue weighted by Crippen LogP contribution is -2.31. The van der Waals surface area contributed by atoms with Crippen LogP contribution in [0.15, 0.2) is 11.8 Å². The highest BCUT2D eigenvalue weighted by Crippen LogP contribution is 1.86. The van der Waals surface area contributed by atoms with E-state index in [1.165, 1.54) is 13.0 Å². The summed E-state index contributed by atoms with van der Waals surface area (Å²) in [4.78, 5) is 20.2. The van der Waals surface area contributed by atoms with Gasteiger partial charge in [0.15, 0.2) is 0 Å². The van der Waals surface area contributed by atoms with E-state index in [1.54, 1.807) is 0 Å². The second-order valence-corrected chi connectivity index (χ2v) is 1.50. The fourth-order valence-electron chi connectivity index (χ4n) is 0.382. The summed E-state index contributed by atoms with van der Waals surface area (Å²) in [6.07, 6.45) is 1.24. The lowest BCUT2D eigenvalue weighted by Gasteiger charge is -1.98. The van der Waals surface area contributed by atoms with Gasteiger partial charge in [-0.25, -0.2) is 9.59 Å². The first kappa shape index (κ1) is 8.48. The van der Waals surface area contributed by atoms with Gasteiger partial charge in [0.2, 0.25) is 0 Å². The number of carbonyl (C=O) groups is 2. The van der Waals surface area contributed by atoms with Gasteiger partial charge in [0, 0.05) is 0 Å². The summed E-state index contributed by atoms with van der Waals surface area (Å²) in [6.45, 7) is 1.49. The number of allylic oxidation sites excluding steroid dienone is 1. The van der Waals surface area contributed by atoms with Crippen molar-refractivity contribution in [2.45, 2.75) is 6.92 Å². The molecule has 0 spiro atoms. The van der Waals surface area contributed by atoms with E-state index in [1.807, 2.05) is 5.32 Å². The maximum atomic E-state index is 10.1. The van der Waals surface area contributed by atoms with Crippen molar-refractivity contribution in [1.29, 1.82) is 0 Å². The van der Waals surface area contributed by atoms with Gasteiger partial charge in [-0.05, 0) is 6.92 Å². The summed E-state index contributed by atoms with van der Waals surface area (Å²) in [6, 6.07) is -0.879. The van der Waals surface area contributed by atoms with E-state index in [4.69, 9.17) is 5.11 Å². The van der Waals surface area contributed by atoms with Crippen LogP contribution < -0.4 is 11.1 Å². The van der Waals surface area contributed by atoms with Gasteiger partial charge >= 0.3 is 12.0 Å². The zero-order valence-electron chi connectivity index (χ0n) is 5.42. The van der Waals surface area contributed by atoms with E-state index in [0.717, 1.165) is 0 Å². The smallest absolute Gasteiger partial charge is 0.352 e. The third-order valence-electron chi connectivity index (χ3n) is 0.777. The predicted octanol–water partition coefficient (Wildman–Crippen LogP) is -0.357. The number of rotatable bonds is 2. The first-order valence-electron chi connectivity index (χ1n) is 2.54. The molecule has 5 heteroatoms. The fourth-order valence-corrected chi connectivity index (χ4v) is 0.382. The van der Waals surface area contributed by atoms with E-state index < -0.39 is 12.0 Å². The molecule has 0 aromatic rings. The maximum Gasteiger partial charge on any atom is 0.352 e. The lowest BCUT2D eigenvalue weighted by molar-refractivity contribution is -0.133. The molecular formula is C5H8N2O3. The Morgan fingerprint density at radius 3 is 2.20 bits per heavy atom. The van der Waals surface area contributed by atoms with Gasteiger partial charge in [0.1, 0.15) is 5.70 Å². The monoisotopic (exact) mass is 144 g/mol. The number of nitrogens with two attached hydrogens (primary N) is 1. The Kier molecular flexibility index (Phi) is 2.96. The lowest BCUT2D eigenvalue weighted by atomic mass is 10.4. The number of urea groups is 1. The number of carbonyl (C=O) groups excluding carboxylic acids is 1. The van der Waals surface area contributed by atoms with Crippen molar-refractivity contribution < 1.29 is 14.7 Å². The van der Waals surface area contributed by atoms with E-state index >= 15 is 0 Å². The van der Waals surface area contributed by atoms with Crippen LogP contribution in [-0.4, -0.2) is 17.1 Å². The highest BCUT2D eigenvalue weighted by molar-refractivity contribution is 5.91. The molecule has 0 radical (unpaired) electrons. The van der Waals surface area contributed by atoms with Crippen molar-refractivity contribution in [3.05, 3.63) is 11.8 Å². The largest absolute Gasteiger partial charge is 0.477 e. The van der Waals surface area contributed by atoms with Crippen molar-refractivity contribution in [3.63, 3.8) is 0 Å². The summed E-state index contributed by atoms with van der Waals surface area (Å²) in [5, 5.41) is 10.2. The number of primary amides is 1. The van der Waals surface area contributed by atoms with Crippen LogP contribution >= 0.6 is 0 Å². The van der Waals surface area contributed by atoms with Crippen LogP contribution in [0.3, 0.4) is 0 Å². The van der Waals surface area contributed by atoms with Crippen molar-refractivity contribution in [1.82, 2.24) is 5.32 Å². The first-order valence-corrected chi connectivity index (χ1v) is 2.54. The molecule has 0 fully saturated rings. The van der Waals surface area contributed by atoms with Gasteiger partial charge in [-0.2, -0.15) is 0 Å². The molecule has 0 aliphatic rings. The van der Waals surface area contributed by atoms with E-state index in [2.05, 4.69) is 5.73 Å². The molecule has 0 saturated heterocycles.